The third-order valence-electron chi connectivity index (χ3n) is 4.55. The Morgan fingerprint density at radius 3 is 2.81 bits per heavy atom. The van der Waals surface area contributed by atoms with Gasteiger partial charge in [0.25, 0.3) is 11.8 Å². The van der Waals surface area contributed by atoms with Crippen molar-refractivity contribution in [3.05, 3.63) is 41.9 Å². The molecule has 0 radical (unpaired) electrons. The largest absolute Gasteiger partial charge is 0.482 e. The number of aromatic nitrogens is 3. The molecule has 1 N–H and O–H groups in total. The molecular formula is C18H17N5O4. The second-order valence-electron chi connectivity index (χ2n) is 6.22. The fourth-order valence-electron chi connectivity index (χ4n) is 2.79. The van der Waals surface area contributed by atoms with Crippen LogP contribution in [0.25, 0.3) is 11.3 Å². The van der Waals surface area contributed by atoms with E-state index in [0.717, 1.165) is 11.3 Å². The van der Waals surface area contributed by atoms with Gasteiger partial charge in [0.15, 0.2) is 18.1 Å². The summed E-state index contributed by atoms with van der Waals surface area (Å²) in [6, 6.07) is 6.65. The number of nitrogens with zero attached hydrogens (tertiary/aromatic N) is 4. The Labute approximate surface area is 154 Å². The van der Waals surface area contributed by atoms with Gasteiger partial charge in [0.05, 0.1) is 17.4 Å². The molecule has 0 saturated heterocycles. The Balaban J connectivity index is 1.55. The summed E-state index contributed by atoms with van der Waals surface area (Å²) in [5.74, 6) is 0.483. The normalized spacial score (nSPS) is 13.3. The van der Waals surface area contributed by atoms with Crippen molar-refractivity contribution in [2.75, 3.05) is 23.9 Å². The first-order valence-electron chi connectivity index (χ1n) is 8.24. The van der Waals surface area contributed by atoms with Gasteiger partial charge >= 0.3 is 0 Å². The van der Waals surface area contributed by atoms with Gasteiger partial charge < -0.3 is 19.5 Å². The van der Waals surface area contributed by atoms with Crippen LogP contribution in [0.3, 0.4) is 0 Å². The van der Waals surface area contributed by atoms with Gasteiger partial charge in [-0.15, -0.1) is 0 Å². The molecule has 0 unspecified atom stereocenters. The first-order chi connectivity index (χ1) is 12.9. The minimum atomic E-state index is -0.419. The fourth-order valence-corrected chi connectivity index (χ4v) is 2.79. The molecule has 0 bridgehead atoms. The number of likely N-dealkylation sites (N-methyl/N-ethyl adjacent to an activating group) is 1. The van der Waals surface area contributed by atoms with E-state index in [0.29, 0.717) is 22.9 Å². The van der Waals surface area contributed by atoms with Crippen LogP contribution in [0.15, 0.2) is 35.0 Å². The van der Waals surface area contributed by atoms with Crippen LogP contribution in [0, 0.1) is 6.92 Å². The van der Waals surface area contributed by atoms with Crippen molar-refractivity contribution in [3.63, 3.8) is 0 Å². The molecule has 27 heavy (non-hydrogen) atoms. The predicted molar refractivity (Wildman–Crippen MR) is 96.7 cm³/mol. The molecule has 1 aliphatic heterocycles. The summed E-state index contributed by atoms with van der Waals surface area (Å²) in [7, 11) is 3.49. The minimum absolute atomic E-state index is 0.00464. The quantitative estimate of drug-likeness (QED) is 0.759. The molecule has 1 aliphatic rings. The van der Waals surface area contributed by atoms with Gasteiger partial charge in [0.2, 0.25) is 0 Å². The molecule has 0 saturated carbocycles. The van der Waals surface area contributed by atoms with E-state index in [9.17, 15) is 9.59 Å². The molecule has 138 valence electrons. The summed E-state index contributed by atoms with van der Waals surface area (Å²) in [6.07, 6.45) is 1.66. The third kappa shape index (κ3) is 2.92. The molecule has 0 spiro atoms. The van der Waals surface area contributed by atoms with Gasteiger partial charge in [-0.3, -0.25) is 14.3 Å². The first-order valence-corrected chi connectivity index (χ1v) is 8.24. The molecular weight excluding hydrogens is 350 g/mol. The number of hydrogen-bond acceptors (Lipinski definition) is 6. The molecule has 0 fully saturated rings. The van der Waals surface area contributed by atoms with E-state index >= 15 is 0 Å². The number of hydrogen-bond donors (Lipinski definition) is 1. The molecule has 9 nitrogen and oxygen atoms in total. The molecule has 2 aromatic heterocycles. The number of aryl methyl sites for hydroxylation is 1. The zero-order chi connectivity index (χ0) is 19.1. The molecule has 1 aromatic carbocycles. The molecule has 3 aromatic rings. The van der Waals surface area contributed by atoms with Crippen molar-refractivity contribution >= 4 is 23.2 Å². The van der Waals surface area contributed by atoms with Crippen LogP contribution in [-0.4, -0.2) is 40.4 Å². The highest BCUT2D eigenvalue weighted by atomic mass is 16.5. The molecule has 0 aliphatic carbocycles. The topological polar surface area (TPSA) is 102 Å². The van der Waals surface area contributed by atoms with E-state index in [-0.39, 0.29) is 18.2 Å². The zero-order valence-electron chi connectivity index (χ0n) is 15.0. The van der Waals surface area contributed by atoms with Crippen LogP contribution in [0.2, 0.25) is 0 Å². The summed E-state index contributed by atoms with van der Waals surface area (Å²) in [5, 5.41) is 10.7. The second kappa shape index (κ2) is 6.27. The van der Waals surface area contributed by atoms with Crippen LogP contribution >= 0.6 is 0 Å². The Kier molecular flexibility index (Phi) is 3.91. The van der Waals surface area contributed by atoms with Crippen molar-refractivity contribution in [1.29, 1.82) is 0 Å². The van der Waals surface area contributed by atoms with E-state index in [1.165, 1.54) is 4.90 Å². The Morgan fingerprint density at radius 1 is 1.26 bits per heavy atom. The highest BCUT2D eigenvalue weighted by Gasteiger charge is 2.23. The Morgan fingerprint density at radius 2 is 2.07 bits per heavy atom. The third-order valence-corrected chi connectivity index (χ3v) is 4.55. The average molecular weight is 367 g/mol. The number of ether oxygens (including phenoxy) is 1. The second-order valence-corrected chi connectivity index (χ2v) is 6.22. The van der Waals surface area contributed by atoms with Crippen LogP contribution < -0.4 is 15.0 Å². The van der Waals surface area contributed by atoms with Crippen molar-refractivity contribution in [2.45, 2.75) is 6.92 Å². The number of carbonyl (C=O) groups excluding carboxylic acids is 2. The number of carbonyl (C=O) groups is 2. The molecule has 9 heteroatoms. The smallest absolute Gasteiger partial charge is 0.277 e. The average Bonchev–Trinajstić information content (AvgIpc) is 3.26. The van der Waals surface area contributed by atoms with Crippen LogP contribution in [0.4, 0.5) is 11.4 Å². The number of amides is 2. The van der Waals surface area contributed by atoms with Crippen LogP contribution in [-0.2, 0) is 11.8 Å². The van der Waals surface area contributed by atoms with Crippen molar-refractivity contribution in [3.8, 4) is 17.1 Å². The lowest BCUT2D eigenvalue weighted by atomic mass is 10.2. The lowest BCUT2D eigenvalue weighted by Gasteiger charge is -2.26. The van der Waals surface area contributed by atoms with Gasteiger partial charge in [-0.25, -0.2) is 0 Å². The van der Waals surface area contributed by atoms with E-state index < -0.39 is 5.91 Å². The van der Waals surface area contributed by atoms with E-state index in [4.69, 9.17) is 9.26 Å². The minimum Gasteiger partial charge on any atom is -0.482 e. The van der Waals surface area contributed by atoms with E-state index in [1.54, 1.807) is 42.2 Å². The summed E-state index contributed by atoms with van der Waals surface area (Å²) in [5.41, 5.74) is 2.93. The van der Waals surface area contributed by atoms with Crippen LogP contribution in [0.1, 0.15) is 16.2 Å². The van der Waals surface area contributed by atoms with Gasteiger partial charge in [-0.1, -0.05) is 5.16 Å². The van der Waals surface area contributed by atoms with E-state index in [2.05, 4.69) is 15.6 Å². The Bertz CT molecular complexity index is 1050. The molecule has 2 amide bonds. The number of nitrogens with one attached hydrogen (secondary N) is 1. The lowest BCUT2D eigenvalue weighted by molar-refractivity contribution is -0.120. The Hall–Kier alpha value is -3.62. The monoisotopic (exact) mass is 367 g/mol. The lowest BCUT2D eigenvalue weighted by Crippen LogP contribution is -2.35. The van der Waals surface area contributed by atoms with Gasteiger partial charge in [-0.2, -0.15) is 5.10 Å². The standard InChI is InChI=1S/C18H17N5O4/c1-10-12(8-19-23(10)3)16-7-13(21-27-16)18(25)20-11-4-5-15-14(6-11)22(2)17(24)9-26-15/h4-8H,9H2,1-3H3,(H,20,25). The number of anilines is 2. The first kappa shape index (κ1) is 16.8. The predicted octanol–water partition coefficient (Wildman–Crippen LogP) is 1.99. The summed E-state index contributed by atoms with van der Waals surface area (Å²) in [6.45, 7) is 1.91. The SMILES string of the molecule is Cc1c(-c2cc(C(=O)Nc3ccc4c(c3)N(C)C(=O)CO4)no2)cnn1C. The zero-order valence-corrected chi connectivity index (χ0v) is 15.0. The fraction of sp³-hybridized carbons (Fsp3) is 0.222. The van der Waals surface area contributed by atoms with Gasteiger partial charge in [0, 0.05) is 31.5 Å². The summed E-state index contributed by atoms with van der Waals surface area (Å²) in [4.78, 5) is 25.8. The van der Waals surface area contributed by atoms with Crippen LogP contribution in [0.5, 0.6) is 5.75 Å². The van der Waals surface area contributed by atoms with Crippen molar-refractivity contribution < 1.29 is 18.8 Å². The maximum Gasteiger partial charge on any atom is 0.277 e. The highest BCUT2D eigenvalue weighted by molar-refractivity contribution is 6.04. The molecule has 3 heterocycles. The number of benzene rings is 1. The summed E-state index contributed by atoms with van der Waals surface area (Å²) < 4.78 is 12.4. The summed E-state index contributed by atoms with van der Waals surface area (Å²) >= 11 is 0. The van der Waals surface area contributed by atoms with Gasteiger partial charge in [0.1, 0.15) is 5.75 Å². The van der Waals surface area contributed by atoms with Crippen molar-refractivity contribution in [1.82, 2.24) is 14.9 Å². The van der Waals surface area contributed by atoms with Gasteiger partial charge in [-0.05, 0) is 25.1 Å². The molecule has 4 rings (SSSR count). The van der Waals surface area contributed by atoms with Crippen molar-refractivity contribution in [2.24, 2.45) is 7.05 Å². The number of fused-ring (bicyclic) bond motifs is 1. The maximum atomic E-state index is 12.5. The highest BCUT2D eigenvalue weighted by Crippen LogP contribution is 2.33. The van der Waals surface area contributed by atoms with E-state index in [1.807, 2.05) is 14.0 Å². The maximum absolute atomic E-state index is 12.5. The molecule has 0 atom stereocenters. The number of rotatable bonds is 3.